The third-order valence-corrected chi connectivity index (χ3v) is 5.00. The maximum atomic E-state index is 12.1. The maximum absolute atomic E-state index is 12.1. The fraction of sp³-hybridized carbons (Fsp3) is 0.375. The first kappa shape index (κ1) is 19.2. The molecule has 9 nitrogen and oxygen atoms in total. The van der Waals surface area contributed by atoms with E-state index in [1.54, 1.807) is 16.8 Å². The van der Waals surface area contributed by atoms with Crippen molar-refractivity contribution in [2.75, 3.05) is 17.7 Å². The standard InChI is InChI=1S/C16H18N6O3S2/c1-4-25-13(24)6-11-7-26-15(18-11)19-12(23)8-27-16-20-14-17-9(2)5-10(3)22(14)21-16/h5,7H,4,6,8H2,1-3H3,(H,18,19,23). The van der Waals surface area contributed by atoms with Crippen molar-refractivity contribution >= 4 is 45.9 Å². The molecule has 0 fully saturated rings. The summed E-state index contributed by atoms with van der Waals surface area (Å²) in [4.78, 5) is 36.4. The number of carbonyl (C=O) groups is 2. The van der Waals surface area contributed by atoms with Gasteiger partial charge in [-0.2, -0.15) is 4.98 Å². The zero-order valence-corrected chi connectivity index (χ0v) is 16.7. The number of hydrogen-bond donors (Lipinski definition) is 1. The highest BCUT2D eigenvalue weighted by Gasteiger charge is 2.13. The lowest BCUT2D eigenvalue weighted by atomic mass is 10.3. The summed E-state index contributed by atoms with van der Waals surface area (Å²) in [6, 6.07) is 1.92. The molecular formula is C16H18N6O3S2. The van der Waals surface area contributed by atoms with Crippen LogP contribution in [-0.4, -0.2) is 48.8 Å². The molecule has 0 unspecified atom stereocenters. The summed E-state index contributed by atoms with van der Waals surface area (Å²) in [5.41, 5.74) is 2.36. The summed E-state index contributed by atoms with van der Waals surface area (Å²) in [6.07, 6.45) is 0.0892. The first-order chi connectivity index (χ1) is 12.9. The lowest BCUT2D eigenvalue weighted by molar-refractivity contribution is -0.142. The highest BCUT2D eigenvalue weighted by atomic mass is 32.2. The number of thioether (sulfide) groups is 1. The van der Waals surface area contributed by atoms with E-state index in [1.807, 2.05) is 19.9 Å². The second-order valence-corrected chi connectivity index (χ2v) is 7.41. The molecule has 27 heavy (non-hydrogen) atoms. The van der Waals surface area contributed by atoms with Crippen molar-refractivity contribution in [1.82, 2.24) is 24.6 Å². The highest BCUT2D eigenvalue weighted by molar-refractivity contribution is 7.99. The third-order valence-electron chi connectivity index (χ3n) is 3.36. The zero-order valence-electron chi connectivity index (χ0n) is 15.1. The number of nitrogens with one attached hydrogen (secondary N) is 1. The van der Waals surface area contributed by atoms with E-state index >= 15 is 0 Å². The van der Waals surface area contributed by atoms with Crippen molar-refractivity contribution in [3.8, 4) is 0 Å². The van der Waals surface area contributed by atoms with Crippen LogP contribution in [0.25, 0.3) is 5.78 Å². The summed E-state index contributed by atoms with van der Waals surface area (Å²) >= 11 is 2.48. The molecule has 0 aliphatic heterocycles. The van der Waals surface area contributed by atoms with E-state index in [4.69, 9.17) is 4.74 Å². The van der Waals surface area contributed by atoms with Gasteiger partial charge in [-0.25, -0.2) is 14.5 Å². The molecule has 0 aromatic carbocycles. The normalized spacial score (nSPS) is 10.9. The van der Waals surface area contributed by atoms with Crippen LogP contribution in [0.3, 0.4) is 0 Å². The predicted molar refractivity (Wildman–Crippen MR) is 102 cm³/mol. The average Bonchev–Trinajstić information content (AvgIpc) is 3.20. The Morgan fingerprint density at radius 3 is 2.89 bits per heavy atom. The molecule has 0 radical (unpaired) electrons. The number of ether oxygens (including phenoxy) is 1. The van der Waals surface area contributed by atoms with Gasteiger partial charge in [-0.05, 0) is 26.8 Å². The minimum absolute atomic E-state index is 0.0892. The van der Waals surface area contributed by atoms with Gasteiger partial charge in [0, 0.05) is 16.8 Å². The Balaban J connectivity index is 1.55. The minimum atomic E-state index is -0.340. The van der Waals surface area contributed by atoms with Crippen molar-refractivity contribution < 1.29 is 14.3 Å². The molecule has 1 amide bonds. The second kappa shape index (κ2) is 8.44. The van der Waals surface area contributed by atoms with Crippen molar-refractivity contribution in [3.63, 3.8) is 0 Å². The molecular weight excluding hydrogens is 388 g/mol. The van der Waals surface area contributed by atoms with Gasteiger partial charge in [0.15, 0.2) is 5.13 Å². The molecule has 3 aromatic heterocycles. The monoisotopic (exact) mass is 406 g/mol. The van der Waals surface area contributed by atoms with E-state index in [2.05, 4.69) is 25.4 Å². The molecule has 3 rings (SSSR count). The summed E-state index contributed by atoms with van der Waals surface area (Å²) in [5, 5.41) is 9.70. The number of rotatable bonds is 7. The van der Waals surface area contributed by atoms with Crippen LogP contribution in [0.5, 0.6) is 0 Å². The number of fused-ring (bicyclic) bond motifs is 1. The molecule has 11 heteroatoms. The number of aryl methyl sites for hydroxylation is 2. The van der Waals surface area contributed by atoms with E-state index in [0.29, 0.717) is 28.4 Å². The SMILES string of the molecule is CCOC(=O)Cc1csc(NC(=O)CSc2nc3nc(C)cc(C)n3n2)n1. The van der Waals surface area contributed by atoms with E-state index in [0.717, 1.165) is 11.4 Å². The van der Waals surface area contributed by atoms with Crippen LogP contribution in [0.15, 0.2) is 16.6 Å². The second-order valence-electron chi connectivity index (χ2n) is 5.61. The molecule has 3 aromatic rings. The number of hydrogen-bond acceptors (Lipinski definition) is 9. The summed E-state index contributed by atoms with van der Waals surface area (Å²) in [5.74, 6) is 0.0887. The van der Waals surface area contributed by atoms with Gasteiger partial charge in [0.2, 0.25) is 11.1 Å². The number of amides is 1. The van der Waals surface area contributed by atoms with Gasteiger partial charge in [-0.1, -0.05) is 11.8 Å². The maximum Gasteiger partial charge on any atom is 0.311 e. The Morgan fingerprint density at radius 2 is 2.11 bits per heavy atom. The van der Waals surface area contributed by atoms with Gasteiger partial charge in [0.25, 0.3) is 5.78 Å². The Bertz CT molecular complexity index is 984. The fourth-order valence-corrected chi connectivity index (χ4v) is 3.64. The zero-order chi connectivity index (χ0) is 19.4. The molecule has 0 saturated heterocycles. The molecule has 0 spiro atoms. The number of aromatic nitrogens is 5. The minimum Gasteiger partial charge on any atom is -0.466 e. The van der Waals surface area contributed by atoms with Crippen LogP contribution in [0.1, 0.15) is 24.0 Å². The number of anilines is 1. The Labute approximate surface area is 163 Å². The van der Waals surface area contributed by atoms with Crippen molar-refractivity contribution in [2.24, 2.45) is 0 Å². The molecule has 0 aliphatic carbocycles. The molecule has 1 N–H and O–H groups in total. The van der Waals surface area contributed by atoms with E-state index in [-0.39, 0.29) is 24.1 Å². The Kier molecular flexibility index (Phi) is 6.01. The topological polar surface area (TPSA) is 111 Å². The average molecular weight is 406 g/mol. The molecule has 0 aliphatic rings. The van der Waals surface area contributed by atoms with Crippen LogP contribution in [-0.2, 0) is 20.7 Å². The van der Waals surface area contributed by atoms with Crippen LogP contribution < -0.4 is 5.32 Å². The van der Waals surface area contributed by atoms with Gasteiger partial charge in [0.05, 0.1) is 24.5 Å². The predicted octanol–water partition coefficient (Wildman–Crippen LogP) is 2.03. The van der Waals surface area contributed by atoms with Crippen molar-refractivity contribution in [3.05, 3.63) is 28.5 Å². The number of thiazole rings is 1. The quantitative estimate of drug-likeness (QED) is 0.469. The Morgan fingerprint density at radius 1 is 1.30 bits per heavy atom. The summed E-state index contributed by atoms with van der Waals surface area (Å²) < 4.78 is 6.53. The first-order valence-corrected chi connectivity index (χ1v) is 10.0. The van der Waals surface area contributed by atoms with E-state index in [1.165, 1.54) is 23.1 Å². The van der Waals surface area contributed by atoms with Gasteiger partial charge >= 0.3 is 5.97 Å². The molecule has 0 atom stereocenters. The van der Waals surface area contributed by atoms with Crippen LogP contribution in [0, 0.1) is 13.8 Å². The van der Waals surface area contributed by atoms with Gasteiger partial charge < -0.3 is 10.1 Å². The first-order valence-electron chi connectivity index (χ1n) is 8.18. The summed E-state index contributed by atoms with van der Waals surface area (Å²) in [7, 11) is 0. The Hall–Kier alpha value is -2.53. The molecule has 3 heterocycles. The number of carbonyl (C=O) groups excluding carboxylic acids is 2. The smallest absolute Gasteiger partial charge is 0.311 e. The largest absolute Gasteiger partial charge is 0.466 e. The molecule has 142 valence electrons. The van der Waals surface area contributed by atoms with Gasteiger partial charge in [-0.3, -0.25) is 9.59 Å². The van der Waals surface area contributed by atoms with Crippen molar-refractivity contribution in [1.29, 1.82) is 0 Å². The van der Waals surface area contributed by atoms with Crippen LogP contribution >= 0.6 is 23.1 Å². The summed E-state index contributed by atoms with van der Waals surface area (Å²) in [6.45, 7) is 5.90. The van der Waals surface area contributed by atoms with Crippen LogP contribution in [0.4, 0.5) is 5.13 Å². The van der Waals surface area contributed by atoms with E-state index in [9.17, 15) is 9.59 Å². The number of nitrogens with zero attached hydrogens (tertiary/aromatic N) is 5. The van der Waals surface area contributed by atoms with E-state index < -0.39 is 0 Å². The van der Waals surface area contributed by atoms with Gasteiger partial charge in [-0.15, -0.1) is 16.4 Å². The highest BCUT2D eigenvalue weighted by Crippen LogP contribution is 2.19. The third kappa shape index (κ3) is 5.01. The lowest BCUT2D eigenvalue weighted by Gasteiger charge is -2.00. The fourth-order valence-electron chi connectivity index (χ4n) is 2.30. The van der Waals surface area contributed by atoms with Gasteiger partial charge in [0.1, 0.15) is 0 Å². The van der Waals surface area contributed by atoms with Crippen LogP contribution in [0.2, 0.25) is 0 Å². The molecule has 0 bridgehead atoms. The lowest BCUT2D eigenvalue weighted by Crippen LogP contribution is -2.14. The van der Waals surface area contributed by atoms with Crippen molar-refractivity contribution in [2.45, 2.75) is 32.3 Å². The number of esters is 1. The molecule has 0 saturated carbocycles.